The molecule has 1 aliphatic rings. The Balaban J connectivity index is 1.85. The maximum atomic E-state index is 12.3. The van der Waals surface area contributed by atoms with E-state index in [9.17, 15) is 19.8 Å². The monoisotopic (exact) mass is 411 g/mol. The van der Waals surface area contributed by atoms with Gasteiger partial charge in [0.15, 0.2) is 5.56 Å². The normalized spacial score (nSPS) is 13.1. The molecule has 0 saturated heterocycles. The molecular formula is C22H25N3O5. The quantitative estimate of drug-likeness (QED) is 0.513. The van der Waals surface area contributed by atoms with Crippen molar-refractivity contribution >= 4 is 16.9 Å². The lowest BCUT2D eigenvalue weighted by atomic mass is 9.99. The molecule has 8 nitrogen and oxygen atoms in total. The van der Waals surface area contributed by atoms with Gasteiger partial charge in [0.05, 0.1) is 17.8 Å². The van der Waals surface area contributed by atoms with Crippen molar-refractivity contribution in [2.45, 2.75) is 26.8 Å². The van der Waals surface area contributed by atoms with Gasteiger partial charge in [0.2, 0.25) is 0 Å². The zero-order valence-electron chi connectivity index (χ0n) is 17.2. The molecule has 3 heterocycles. The van der Waals surface area contributed by atoms with Crippen LogP contribution in [0.1, 0.15) is 35.5 Å². The van der Waals surface area contributed by atoms with Gasteiger partial charge < -0.3 is 29.8 Å². The Labute approximate surface area is 173 Å². The molecule has 0 bridgehead atoms. The number of carboxylic acids is 1. The first kappa shape index (κ1) is 20.0. The first-order valence-electron chi connectivity index (χ1n) is 9.95. The summed E-state index contributed by atoms with van der Waals surface area (Å²) < 4.78 is 8.00. The number of carboxylic acid groups (broad SMARTS) is 1. The van der Waals surface area contributed by atoms with Gasteiger partial charge >= 0.3 is 5.97 Å². The minimum atomic E-state index is -1.46. The average Bonchev–Trinajstić information content (AvgIpc) is 2.85. The van der Waals surface area contributed by atoms with Crippen molar-refractivity contribution in [1.82, 2.24) is 14.9 Å². The molecule has 0 spiro atoms. The van der Waals surface area contributed by atoms with E-state index in [2.05, 4.69) is 34.8 Å². The summed E-state index contributed by atoms with van der Waals surface area (Å²) in [4.78, 5) is 26.4. The molecule has 0 aliphatic carbocycles. The number of pyridine rings is 1. The molecule has 2 aromatic heterocycles. The smallest absolute Gasteiger partial charge is 0.345 e. The molecule has 0 saturated carbocycles. The summed E-state index contributed by atoms with van der Waals surface area (Å²) in [5.41, 5.74) is 2.04. The molecule has 3 aromatic rings. The summed E-state index contributed by atoms with van der Waals surface area (Å²) >= 11 is 0. The van der Waals surface area contributed by atoms with E-state index in [-0.39, 0.29) is 13.0 Å². The lowest BCUT2D eigenvalue weighted by molar-refractivity contribution is 0.0691. The number of carbonyl (C=O) groups is 1. The summed E-state index contributed by atoms with van der Waals surface area (Å²) in [6.45, 7) is 6.22. The molecule has 158 valence electrons. The number of aromatic nitrogens is 2. The van der Waals surface area contributed by atoms with Crippen LogP contribution in [0.3, 0.4) is 0 Å². The third kappa shape index (κ3) is 3.33. The molecule has 0 fully saturated rings. The van der Waals surface area contributed by atoms with Gasteiger partial charge in [-0.15, -0.1) is 0 Å². The molecular weight excluding hydrogens is 386 g/mol. The minimum absolute atomic E-state index is 0.261. The summed E-state index contributed by atoms with van der Waals surface area (Å²) in [6.07, 6.45) is 0.285. The number of hydrogen-bond donors (Lipinski definition) is 4. The molecule has 4 N–H and O–H groups in total. The van der Waals surface area contributed by atoms with Crippen molar-refractivity contribution in [3.8, 4) is 22.8 Å². The van der Waals surface area contributed by atoms with Crippen molar-refractivity contribution < 1.29 is 19.7 Å². The van der Waals surface area contributed by atoms with Gasteiger partial charge in [0, 0.05) is 48.3 Å². The second kappa shape index (κ2) is 7.53. The number of aromatic hydroxyl groups is 1. The van der Waals surface area contributed by atoms with Crippen LogP contribution < -0.4 is 15.6 Å². The number of nitrogens with one attached hydrogen (secondary N) is 2. The minimum Gasteiger partial charge on any atom is -0.506 e. The Morgan fingerprint density at radius 1 is 1.33 bits per heavy atom. The van der Waals surface area contributed by atoms with Crippen molar-refractivity contribution in [3.05, 3.63) is 45.4 Å². The largest absolute Gasteiger partial charge is 0.506 e. The zero-order valence-corrected chi connectivity index (χ0v) is 17.2. The Bertz CT molecular complexity index is 1210. The van der Waals surface area contributed by atoms with Crippen molar-refractivity contribution in [2.24, 2.45) is 13.0 Å². The Kier molecular flexibility index (Phi) is 5.03. The van der Waals surface area contributed by atoms with Crippen LogP contribution in [0.4, 0.5) is 0 Å². The van der Waals surface area contributed by atoms with Gasteiger partial charge in [0.25, 0.3) is 5.56 Å². The summed E-state index contributed by atoms with van der Waals surface area (Å²) in [5, 5.41) is 24.2. The predicted octanol–water partition coefficient (Wildman–Crippen LogP) is 2.62. The molecule has 4 rings (SSSR count). The van der Waals surface area contributed by atoms with Crippen LogP contribution in [0.5, 0.6) is 11.5 Å². The molecule has 30 heavy (non-hydrogen) atoms. The van der Waals surface area contributed by atoms with Gasteiger partial charge in [0.1, 0.15) is 11.5 Å². The van der Waals surface area contributed by atoms with E-state index in [1.54, 1.807) is 0 Å². The van der Waals surface area contributed by atoms with E-state index >= 15 is 0 Å². The number of rotatable bonds is 5. The first-order chi connectivity index (χ1) is 14.3. The number of H-pyrrole nitrogens is 1. The fourth-order valence-electron chi connectivity index (χ4n) is 3.96. The number of hydrogen-bond acceptors (Lipinski definition) is 5. The SMILES string of the molecule is CC(C)CNCc1cc2cc3c(cc2n1C)OCCc1c-3[nH]c(=O)c(C(=O)O)c1O. The highest BCUT2D eigenvalue weighted by molar-refractivity contribution is 5.94. The second-order valence-corrected chi connectivity index (χ2v) is 8.06. The fourth-order valence-corrected chi connectivity index (χ4v) is 3.96. The number of nitrogens with zero attached hydrogens (tertiary/aromatic N) is 1. The maximum Gasteiger partial charge on any atom is 0.345 e. The average molecular weight is 411 g/mol. The van der Waals surface area contributed by atoms with Crippen LogP contribution in [-0.2, 0) is 20.0 Å². The Morgan fingerprint density at radius 2 is 2.10 bits per heavy atom. The van der Waals surface area contributed by atoms with Crippen LogP contribution in [0.25, 0.3) is 22.2 Å². The molecule has 8 heteroatoms. The standard InChI is InChI=1S/C22H25N3O5/c1-11(2)9-23-10-13-6-12-7-15-17(8-16(12)25(13)3)30-5-4-14-19(15)24-21(27)18(20(14)26)22(28)29/h6-8,11,23H,4-5,9-10H2,1-3H3,(H,28,29)(H2,24,26,27). The summed E-state index contributed by atoms with van der Waals surface area (Å²) in [6, 6.07) is 5.92. The molecule has 0 amide bonds. The van der Waals surface area contributed by atoms with Crippen LogP contribution in [0, 0.1) is 5.92 Å². The van der Waals surface area contributed by atoms with Crippen molar-refractivity contribution in [2.75, 3.05) is 13.2 Å². The van der Waals surface area contributed by atoms with Gasteiger partial charge in [-0.05, 0) is 24.6 Å². The third-order valence-electron chi connectivity index (χ3n) is 5.48. The number of benzene rings is 1. The van der Waals surface area contributed by atoms with Crippen LogP contribution >= 0.6 is 0 Å². The van der Waals surface area contributed by atoms with E-state index in [0.29, 0.717) is 28.5 Å². The number of aromatic carboxylic acids is 1. The number of aryl methyl sites for hydroxylation is 1. The molecule has 1 aromatic carbocycles. The fraction of sp³-hybridized carbons (Fsp3) is 0.364. The predicted molar refractivity (Wildman–Crippen MR) is 113 cm³/mol. The van der Waals surface area contributed by atoms with Crippen LogP contribution in [0.2, 0.25) is 0 Å². The van der Waals surface area contributed by atoms with E-state index in [1.807, 2.05) is 19.2 Å². The third-order valence-corrected chi connectivity index (χ3v) is 5.48. The van der Waals surface area contributed by atoms with Crippen molar-refractivity contribution in [3.63, 3.8) is 0 Å². The Morgan fingerprint density at radius 3 is 2.80 bits per heavy atom. The van der Waals surface area contributed by atoms with Crippen LogP contribution in [0.15, 0.2) is 23.0 Å². The number of aromatic amines is 1. The number of ether oxygens (including phenoxy) is 1. The van der Waals surface area contributed by atoms with E-state index in [1.165, 1.54) is 0 Å². The van der Waals surface area contributed by atoms with E-state index in [0.717, 1.165) is 29.7 Å². The second-order valence-electron chi connectivity index (χ2n) is 8.06. The zero-order chi connectivity index (χ0) is 21.6. The Hall–Kier alpha value is -3.26. The lowest BCUT2D eigenvalue weighted by Crippen LogP contribution is -2.20. The van der Waals surface area contributed by atoms with Crippen LogP contribution in [-0.4, -0.2) is 38.9 Å². The number of fused-ring (bicyclic) bond motifs is 4. The highest BCUT2D eigenvalue weighted by Crippen LogP contribution is 2.40. The highest BCUT2D eigenvalue weighted by atomic mass is 16.5. The molecule has 0 atom stereocenters. The molecule has 0 unspecified atom stereocenters. The molecule has 1 aliphatic heterocycles. The first-order valence-corrected chi connectivity index (χ1v) is 9.95. The molecule has 0 radical (unpaired) electrons. The maximum absolute atomic E-state index is 12.3. The van der Waals surface area contributed by atoms with Gasteiger partial charge in [-0.25, -0.2) is 4.79 Å². The van der Waals surface area contributed by atoms with Gasteiger partial charge in [-0.1, -0.05) is 13.8 Å². The summed E-state index contributed by atoms with van der Waals surface area (Å²) in [5.74, 6) is -0.813. The van der Waals surface area contributed by atoms with Crippen molar-refractivity contribution in [1.29, 1.82) is 0 Å². The summed E-state index contributed by atoms with van der Waals surface area (Å²) in [7, 11) is 2.00. The highest BCUT2D eigenvalue weighted by Gasteiger charge is 2.26. The van der Waals surface area contributed by atoms with Gasteiger partial charge in [-0.2, -0.15) is 0 Å². The lowest BCUT2D eigenvalue weighted by Gasteiger charge is -2.12. The topological polar surface area (TPSA) is 117 Å². The van der Waals surface area contributed by atoms with Gasteiger partial charge in [-0.3, -0.25) is 4.79 Å². The van der Waals surface area contributed by atoms with E-state index < -0.39 is 22.8 Å². The van der Waals surface area contributed by atoms with E-state index in [4.69, 9.17) is 4.74 Å².